The molecule has 2 aromatic heterocycles. The molecule has 0 saturated carbocycles. The summed E-state index contributed by atoms with van der Waals surface area (Å²) in [5.74, 6) is 1.48. The van der Waals surface area contributed by atoms with Gasteiger partial charge in [-0.2, -0.15) is 0 Å². The first kappa shape index (κ1) is 16.3. The van der Waals surface area contributed by atoms with Crippen LogP contribution >= 0.6 is 35.0 Å². The lowest BCUT2D eigenvalue weighted by Crippen LogP contribution is -2.00. The molecule has 1 aromatic carbocycles. The van der Waals surface area contributed by atoms with E-state index < -0.39 is 0 Å². The summed E-state index contributed by atoms with van der Waals surface area (Å²) in [7, 11) is 0. The maximum atomic E-state index is 6.22. The molecule has 0 atom stereocenters. The lowest BCUT2D eigenvalue weighted by molar-refractivity contribution is 0.687. The third-order valence-corrected chi connectivity index (χ3v) is 5.08. The van der Waals surface area contributed by atoms with Crippen LogP contribution in [-0.2, 0) is 12.3 Å². The van der Waals surface area contributed by atoms with E-state index in [-0.39, 0.29) is 0 Å². The molecule has 0 spiro atoms. The zero-order valence-electron chi connectivity index (χ0n) is 12.4. The average Bonchev–Trinajstić information content (AvgIpc) is 2.98. The third kappa shape index (κ3) is 3.52. The lowest BCUT2D eigenvalue weighted by Gasteiger charge is -2.09. The second kappa shape index (κ2) is 7.34. The molecule has 0 unspecified atom stereocenters. The summed E-state index contributed by atoms with van der Waals surface area (Å²) in [6, 6.07) is 9.38. The van der Waals surface area contributed by atoms with Crippen LogP contribution in [0.2, 0.25) is 10.0 Å². The number of halogens is 2. The zero-order valence-corrected chi connectivity index (χ0v) is 14.7. The van der Waals surface area contributed by atoms with Crippen molar-refractivity contribution < 1.29 is 0 Å². The fraction of sp³-hybridized carbons (Fsp3) is 0.188. The first-order valence-electron chi connectivity index (χ1n) is 7.10. The molecule has 0 aliphatic rings. The van der Waals surface area contributed by atoms with Gasteiger partial charge in [-0.3, -0.25) is 4.98 Å². The van der Waals surface area contributed by atoms with Gasteiger partial charge >= 0.3 is 0 Å². The standard InChI is InChI=1S/C16H14Cl2N4S/c1-2-22-15(11-6-8-19-9-7-11)20-21-16(22)23-10-12-13(17)4-3-5-14(12)18/h3-9H,2,10H2,1H3. The maximum absolute atomic E-state index is 6.22. The number of pyridine rings is 1. The maximum Gasteiger partial charge on any atom is 0.191 e. The van der Waals surface area contributed by atoms with Crippen LogP contribution in [0, 0.1) is 0 Å². The molecule has 0 N–H and O–H groups in total. The zero-order chi connectivity index (χ0) is 16.2. The normalized spacial score (nSPS) is 10.9. The molecule has 2 heterocycles. The van der Waals surface area contributed by atoms with Crippen molar-refractivity contribution in [2.24, 2.45) is 0 Å². The van der Waals surface area contributed by atoms with Crippen LogP contribution in [0.25, 0.3) is 11.4 Å². The Labute approximate surface area is 148 Å². The number of thioether (sulfide) groups is 1. The van der Waals surface area contributed by atoms with E-state index in [0.717, 1.165) is 28.7 Å². The molecule has 3 rings (SSSR count). The van der Waals surface area contributed by atoms with E-state index in [9.17, 15) is 0 Å². The van der Waals surface area contributed by atoms with Crippen LogP contribution in [-0.4, -0.2) is 19.7 Å². The van der Waals surface area contributed by atoms with Crippen molar-refractivity contribution in [1.82, 2.24) is 19.7 Å². The van der Waals surface area contributed by atoms with Crippen molar-refractivity contribution in [2.45, 2.75) is 24.4 Å². The van der Waals surface area contributed by atoms with Gasteiger partial charge in [0.15, 0.2) is 11.0 Å². The molecule has 0 aliphatic heterocycles. The molecular weight excluding hydrogens is 351 g/mol. The Morgan fingerprint density at radius 1 is 1.04 bits per heavy atom. The first-order valence-corrected chi connectivity index (χ1v) is 8.84. The van der Waals surface area contributed by atoms with Crippen LogP contribution in [0.15, 0.2) is 47.9 Å². The number of hydrogen-bond donors (Lipinski definition) is 0. The van der Waals surface area contributed by atoms with Gasteiger partial charge in [0.1, 0.15) is 0 Å². The lowest BCUT2D eigenvalue weighted by atomic mass is 10.2. The van der Waals surface area contributed by atoms with Crippen molar-refractivity contribution >= 4 is 35.0 Å². The molecule has 118 valence electrons. The van der Waals surface area contributed by atoms with E-state index in [1.54, 1.807) is 24.2 Å². The van der Waals surface area contributed by atoms with Gasteiger partial charge in [0.05, 0.1) is 0 Å². The van der Waals surface area contributed by atoms with E-state index in [1.807, 2.05) is 30.3 Å². The highest BCUT2D eigenvalue weighted by atomic mass is 35.5. The average molecular weight is 365 g/mol. The molecule has 0 aliphatic carbocycles. The second-order valence-corrected chi connectivity index (χ2v) is 6.53. The highest BCUT2D eigenvalue weighted by molar-refractivity contribution is 7.98. The van der Waals surface area contributed by atoms with E-state index >= 15 is 0 Å². The van der Waals surface area contributed by atoms with Crippen LogP contribution in [0.5, 0.6) is 0 Å². The molecule has 0 fully saturated rings. The quantitative estimate of drug-likeness (QED) is 0.600. The number of benzene rings is 1. The van der Waals surface area contributed by atoms with Gasteiger partial charge in [-0.25, -0.2) is 0 Å². The second-order valence-electron chi connectivity index (χ2n) is 4.78. The van der Waals surface area contributed by atoms with Gasteiger partial charge in [-0.15, -0.1) is 10.2 Å². The smallest absolute Gasteiger partial charge is 0.191 e. The van der Waals surface area contributed by atoms with Gasteiger partial charge < -0.3 is 4.57 Å². The minimum Gasteiger partial charge on any atom is -0.302 e. The van der Waals surface area contributed by atoms with Crippen LogP contribution in [0.4, 0.5) is 0 Å². The van der Waals surface area contributed by atoms with Crippen molar-refractivity contribution in [3.05, 3.63) is 58.3 Å². The van der Waals surface area contributed by atoms with E-state index in [1.165, 1.54) is 0 Å². The minimum atomic E-state index is 0.646. The van der Waals surface area contributed by atoms with Gasteiger partial charge in [0.25, 0.3) is 0 Å². The number of hydrogen-bond acceptors (Lipinski definition) is 4. The summed E-state index contributed by atoms with van der Waals surface area (Å²) in [4.78, 5) is 4.04. The monoisotopic (exact) mass is 364 g/mol. The molecule has 0 amide bonds. The van der Waals surface area contributed by atoms with Gasteiger partial charge in [0.2, 0.25) is 0 Å². The molecule has 0 radical (unpaired) electrons. The largest absolute Gasteiger partial charge is 0.302 e. The van der Waals surface area contributed by atoms with Crippen LogP contribution in [0.1, 0.15) is 12.5 Å². The summed E-state index contributed by atoms with van der Waals surface area (Å²) in [5, 5.41) is 10.8. The molecule has 3 aromatic rings. The summed E-state index contributed by atoms with van der Waals surface area (Å²) in [5.41, 5.74) is 1.91. The third-order valence-electron chi connectivity index (χ3n) is 3.38. The Morgan fingerprint density at radius 2 is 1.74 bits per heavy atom. The number of nitrogens with zero attached hydrogens (tertiary/aromatic N) is 4. The predicted molar refractivity (Wildman–Crippen MR) is 95.0 cm³/mol. The Bertz CT molecular complexity index is 785. The van der Waals surface area contributed by atoms with Gasteiger partial charge in [0, 0.05) is 40.3 Å². The fourth-order valence-corrected chi connectivity index (χ4v) is 3.95. The van der Waals surface area contributed by atoms with E-state index in [4.69, 9.17) is 23.2 Å². The summed E-state index contributed by atoms with van der Waals surface area (Å²) in [6.45, 7) is 2.85. The van der Waals surface area contributed by atoms with E-state index in [0.29, 0.717) is 15.8 Å². The molecule has 0 saturated heterocycles. The van der Waals surface area contributed by atoms with Crippen LogP contribution < -0.4 is 0 Å². The Morgan fingerprint density at radius 3 is 2.39 bits per heavy atom. The summed E-state index contributed by atoms with van der Waals surface area (Å²) in [6.07, 6.45) is 3.50. The van der Waals surface area contributed by atoms with Crippen molar-refractivity contribution in [3.8, 4) is 11.4 Å². The van der Waals surface area contributed by atoms with Crippen LogP contribution in [0.3, 0.4) is 0 Å². The van der Waals surface area contributed by atoms with Crippen molar-refractivity contribution in [2.75, 3.05) is 0 Å². The fourth-order valence-electron chi connectivity index (χ4n) is 2.20. The SMILES string of the molecule is CCn1c(SCc2c(Cl)cccc2Cl)nnc1-c1ccncc1. The summed E-state index contributed by atoms with van der Waals surface area (Å²) >= 11 is 14.0. The Balaban J connectivity index is 1.86. The van der Waals surface area contributed by atoms with Gasteiger partial charge in [-0.1, -0.05) is 41.0 Å². The first-order chi connectivity index (χ1) is 11.2. The topological polar surface area (TPSA) is 43.6 Å². The number of rotatable bonds is 5. The number of aromatic nitrogens is 4. The highest BCUT2D eigenvalue weighted by Gasteiger charge is 2.14. The highest BCUT2D eigenvalue weighted by Crippen LogP contribution is 2.32. The molecule has 23 heavy (non-hydrogen) atoms. The van der Waals surface area contributed by atoms with Gasteiger partial charge in [-0.05, 0) is 36.8 Å². The summed E-state index contributed by atoms with van der Waals surface area (Å²) < 4.78 is 2.07. The minimum absolute atomic E-state index is 0.646. The van der Waals surface area contributed by atoms with E-state index in [2.05, 4.69) is 26.7 Å². The van der Waals surface area contributed by atoms with Crippen molar-refractivity contribution in [1.29, 1.82) is 0 Å². The van der Waals surface area contributed by atoms with Crippen molar-refractivity contribution in [3.63, 3.8) is 0 Å². The molecule has 4 nitrogen and oxygen atoms in total. The molecular formula is C16H14Cl2N4S. The Hall–Kier alpha value is -1.56. The predicted octanol–water partition coefficient (Wildman–Crippen LogP) is 4.96. The molecule has 0 bridgehead atoms. The molecule has 7 heteroatoms. The Kier molecular flexibility index (Phi) is 5.20.